The van der Waals surface area contributed by atoms with E-state index in [1.807, 2.05) is 41.1 Å². The number of nitrogens with zero attached hydrogens (tertiary/aromatic N) is 3. The summed E-state index contributed by atoms with van der Waals surface area (Å²) in [5.74, 6) is -0.101. The Bertz CT molecular complexity index is 1060. The van der Waals surface area contributed by atoms with Gasteiger partial charge in [0.25, 0.3) is 5.91 Å². The van der Waals surface area contributed by atoms with Crippen molar-refractivity contribution in [2.75, 3.05) is 13.1 Å². The zero-order chi connectivity index (χ0) is 21.9. The summed E-state index contributed by atoms with van der Waals surface area (Å²) < 4.78 is 7.88. The van der Waals surface area contributed by atoms with Crippen LogP contribution in [0.15, 0.2) is 60.7 Å². The van der Waals surface area contributed by atoms with Gasteiger partial charge in [0.2, 0.25) is 0 Å². The molecule has 1 atom stereocenters. The molecule has 6 nitrogen and oxygen atoms in total. The van der Waals surface area contributed by atoms with Crippen molar-refractivity contribution >= 4 is 17.5 Å². The molecule has 5 rings (SSSR count). The normalized spacial score (nSPS) is 19.5. The molecule has 1 fully saturated rings. The number of fused-ring (bicyclic) bond motifs is 1. The van der Waals surface area contributed by atoms with E-state index in [1.165, 1.54) is 5.56 Å². The van der Waals surface area contributed by atoms with Gasteiger partial charge in [0.15, 0.2) is 5.69 Å². The third kappa shape index (κ3) is 4.88. The topological polar surface area (TPSA) is 59.4 Å². The predicted octanol–water partition coefficient (Wildman–Crippen LogP) is 4.20. The highest BCUT2D eigenvalue weighted by Crippen LogP contribution is 2.27. The number of halogens is 1. The van der Waals surface area contributed by atoms with Gasteiger partial charge in [0, 0.05) is 30.7 Å². The van der Waals surface area contributed by atoms with Crippen molar-refractivity contribution in [2.24, 2.45) is 0 Å². The molecule has 1 aromatic heterocycles. The van der Waals surface area contributed by atoms with Gasteiger partial charge in [-0.05, 0) is 42.2 Å². The number of benzene rings is 2. The highest BCUT2D eigenvalue weighted by molar-refractivity contribution is 6.30. The van der Waals surface area contributed by atoms with Crippen LogP contribution in [0, 0.1) is 0 Å². The molecule has 166 valence electrons. The predicted molar refractivity (Wildman–Crippen MR) is 123 cm³/mol. The first-order valence-electron chi connectivity index (χ1n) is 11.1. The fraction of sp³-hybridized carbons (Fsp3) is 0.360. The van der Waals surface area contributed by atoms with Gasteiger partial charge in [-0.2, -0.15) is 5.10 Å². The van der Waals surface area contributed by atoms with Gasteiger partial charge in [-0.25, -0.2) is 0 Å². The summed E-state index contributed by atoms with van der Waals surface area (Å²) >= 11 is 5.99. The van der Waals surface area contributed by atoms with Gasteiger partial charge in [-0.1, -0.05) is 54.1 Å². The van der Waals surface area contributed by atoms with Gasteiger partial charge >= 0.3 is 0 Å². The number of hydrogen-bond donors (Lipinski definition) is 1. The molecule has 0 bridgehead atoms. The Morgan fingerprint density at radius 1 is 1.09 bits per heavy atom. The maximum Gasteiger partial charge on any atom is 0.272 e. The third-order valence-corrected chi connectivity index (χ3v) is 6.53. The molecule has 1 saturated heterocycles. The fourth-order valence-electron chi connectivity index (χ4n) is 4.45. The molecule has 0 radical (unpaired) electrons. The number of ether oxygens (including phenoxy) is 1. The Balaban J connectivity index is 1.15. The Hall–Kier alpha value is -2.67. The summed E-state index contributed by atoms with van der Waals surface area (Å²) in [6.07, 6.45) is 1.81. The summed E-state index contributed by atoms with van der Waals surface area (Å²) in [7, 11) is 0. The maximum atomic E-state index is 12.8. The molecule has 1 amide bonds. The van der Waals surface area contributed by atoms with E-state index < -0.39 is 0 Å². The maximum absolute atomic E-state index is 12.8. The lowest BCUT2D eigenvalue weighted by molar-refractivity contribution is -0.00119. The van der Waals surface area contributed by atoms with Crippen LogP contribution >= 0.6 is 11.6 Å². The van der Waals surface area contributed by atoms with Gasteiger partial charge in [-0.15, -0.1) is 0 Å². The number of rotatable bonds is 5. The van der Waals surface area contributed by atoms with Crippen LogP contribution in [-0.2, 0) is 24.4 Å². The van der Waals surface area contributed by atoms with Crippen molar-refractivity contribution < 1.29 is 9.53 Å². The SMILES string of the molecule is O=C(NC1CCN(Cc2ccccc2)CC1)c1cc2n(n1)C[C@@H](c1ccc(Cl)cc1)OC2. The van der Waals surface area contributed by atoms with Crippen LogP contribution in [0.3, 0.4) is 0 Å². The highest BCUT2D eigenvalue weighted by atomic mass is 35.5. The van der Waals surface area contributed by atoms with Crippen LogP contribution in [0.1, 0.15) is 46.3 Å². The van der Waals surface area contributed by atoms with Crippen LogP contribution in [0.2, 0.25) is 5.02 Å². The number of likely N-dealkylation sites (tertiary alicyclic amines) is 1. The minimum atomic E-state index is -0.101. The van der Waals surface area contributed by atoms with E-state index >= 15 is 0 Å². The quantitative estimate of drug-likeness (QED) is 0.632. The van der Waals surface area contributed by atoms with Gasteiger partial charge in [-0.3, -0.25) is 14.4 Å². The molecule has 1 N–H and O–H groups in total. The largest absolute Gasteiger partial charge is 0.365 e. The van der Waals surface area contributed by atoms with Gasteiger partial charge in [0.1, 0.15) is 6.10 Å². The summed E-state index contributed by atoms with van der Waals surface area (Å²) in [4.78, 5) is 15.3. The van der Waals surface area contributed by atoms with Gasteiger partial charge < -0.3 is 10.1 Å². The van der Waals surface area contributed by atoms with E-state index in [1.54, 1.807) is 0 Å². The van der Waals surface area contributed by atoms with Crippen molar-refractivity contribution in [2.45, 2.75) is 44.7 Å². The van der Waals surface area contributed by atoms with Crippen molar-refractivity contribution in [1.82, 2.24) is 20.0 Å². The van der Waals surface area contributed by atoms with Crippen molar-refractivity contribution in [3.05, 3.63) is 88.2 Å². The number of aromatic nitrogens is 2. The van der Waals surface area contributed by atoms with E-state index in [9.17, 15) is 4.79 Å². The zero-order valence-electron chi connectivity index (χ0n) is 17.9. The Kier molecular flexibility index (Phi) is 6.26. The fourth-order valence-corrected chi connectivity index (χ4v) is 4.58. The third-order valence-electron chi connectivity index (χ3n) is 6.28. The molecule has 0 unspecified atom stereocenters. The van der Waals surface area contributed by atoms with E-state index in [2.05, 4.69) is 39.6 Å². The summed E-state index contributed by atoms with van der Waals surface area (Å²) in [5, 5.41) is 8.45. The molecule has 32 heavy (non-hydrogen) atoms. The number of nitrogens with one attached hydrogen (secondary N) is 1. The van der Waals surface area contributed by atoms with Crippen LogP contribution in [0.25, 0.3) is 0 Å². The molecular formula is C25H27ClN4O2. The molecule has 0 spiro atoms. The lowest BCUT2D eigenvalue weighted by Gasteiger charge is -2.32. The minimum Gasteiger partial charge on any atom is -0.365 e. The van der Waals surface area contributed by atoms with E-state index in [-0.39, 0.29) is 18.1 Å². The van der Waals surface area contributed by atoms with Crippen molar-refractivity contribution in [3.8, 4) is 0 Å². The number of carbonyl (C=O) groups is 1. The summed E-state index contributed by atoms with van der Waals surface area (Å²) in [6, 6.07) is 20.2. The van der Waals surface area contributed by atoms with E-state index in [4.69, 9.17) is 16.3 Å². The molecule has 0 aliphatic carbocycles. The van der Waals surface area contributed by atoms with Crippen LogP contribution in [-0.4, -0.2) is 39.7 Å². The van der Waals surface area contributed by atoms with E-state index in [0.29, 0.717) is 23.9 Å². The van der Waals surface area contributed by atoms with Crippen molar-refractivity contribution in [3.63, 3.8) is 0 Å². The average molecular weight is 451 g/mol. The van der Waals surface area contributed by atoms with Crippen LogP contribution in [0.4, 0.5) is 0 Å². The number of hydrogen-bond acceptors (Lipinski definition) is 4. The summed E-state index contributed by atoms with van der Waals surface area (Å²) in [5.41, 5.74) is 3.78. The first-order chi connectivity index (χ1) is 15.6. The summed E-state index contributed by atoms with van der Waals surface area (Å²) in [6.45, 7) is 3.95. The second-order valence-electron chi connectivity index (χ2n) is 8.56. The second kappa shape index (κ2) is 9.45. The zero-order valence-corrected chi connectivity index (χ0v) is 18.7. The Morgan fingerprint density at radius 2 is 1.84 bits per heavy atom. The smallest absolute Gasteiger partial charge is 0.272 e. The lowest BCUT2D eigenvalue weighted by atomic mass is 10.0. The Labute approximate surface area is 193 Å². The number of carbonyl (C=O) groups excluding carboxylic acids is 1. The molecule has 3 aromatic rings. The molecule has 3 heterocycles. The Morgan fingerprint density at radius 3 is 2.59 bits per heavy atom. The molecule has 2 aliphatic rings. The number of piperidine rings is 1. The molecule has 2 aliphatic heterocycles. The van der Waals surface area contributed by atoms with Crippen LogP contribution in [0.5, 0.6) is 0 Å². The average Bonchev–Trinajstić information content (AvgIpc) is 3.25. The minimum absolute atomic E-state index is 0.0930. The second-order valence-corrected chi connectivity index (χ2v) is 9.00. The standard InChI is InChI=1S/C25H27ClN4O2/c26-20-8-6-19(7-9-20)24-16-30-22(17-32-24)14-23(28-30)25(31)27-21-10-12-29(13-11-21)15-18-4-2-1-3-5-18/h1-9,14,21,24H,10-13,15-17H2,(H,27,31)/t24-/m0/s1. The van der Waals surface area contributed by atoms with Crippen LogP contribution < -0.4 is 5.32 Å². The first kappa shape index (κ1) is 21.2. The lowest BCUT2D eigenvalue weighted by Crippen LogP contribution is -2.44. The highest BCUT2D eigenvalue weighted by Gasteiger charge is 2.26. The molecular weight excluding hydrogens is 424 g/mol. The van der Waals surface area contributed by atoms with E-state index in [0.717, 1.165) is 43.7 Å². The molecule has 0 saturated carbocycles. The molecule has 7 heteroatoms. The monoisotopic (exact) mass is 450 g/mol. The van der Waals surface area contributed by atoms with Gasteiger partial charge in [0.05, 0.1) is 18.8 Å². The first-order valence-corrected chi connectivity index (χ1v) is 11.5. The number of amides is 1. The molecule has 2 aromatic carbocycles. The van der Waals surface area contributed by atoms with Crippen molar-refractivity contribution in [1.29, 1.82) is 0 Å².